The third kappa shape index (κ3) is 8.14. The predicted molar refractivity (Wildman–Crippen MR) is 106 cm³/mol. The molecule has 2 aromatic rings. The van der Waals surface area contributed by atoms with Crippen molar-refractivity contribution < 1.29 is 4.74 Å². The molecule has 8 heteroatoms. The van der Waals surface area contributed by atoms with E-state index in [1.165, 1.54) is 0 Å². The SMILES string of the molecule is CCNC(=NCCCn1cccn1)NCCOc1cccnc1.I. The number of aliphatic imine (C=N–C) groups is 1. The van der Waals surface area contributed by atoms with E-state index in [2.05, 4.69) is 25.7 Å². The minimum Gasteiger partial charge on any atom is -0.490 e. The van der Waals surface area contributed by atoms with Crippen LogP contribution in [0.25, 0.3) is 0 Å². The molecule has 0 amide bonds. The second-order valence-electron chi connectivity index (χ2n) is 4.85. The number of halogens is 1. The van der Waals surface area contributed by atoms with Crippen molar-refractivity contribution in [1.29, 1.82) is 0 Å². The number of rotatable bonds is 9. The zero-order chi connectivity index (χ0) is 16.2. The second kappa shape index (κ2) is 12.6. The van der Waals surface area contributed by atoms with Gasteiger partial charge in [0.05, 0.1) is 12.7 Å². The van der Waals surface area contributed by atoms with Crippen LogP contribution in [0.4, 0.5) is 0 Å². The van der Waals surface area contributed by atoms with Gasteiger partial charge in [0.1, 0.15) is 12.4 Å². The molecule has 2 rings (SSSR count). The minimum absolute atomic E-state index is 0. The Morgan fingerprint density at radius 1 is 1.29 bits per heavy atom. The van der Waals surface area contributed by atoms with Gasteiger partial charge in [-0.1, -0.05) is 0 Å². The van der Waals surface area contributed by atoms with Gasteiger partial charge in [0.25, 0.3) is 0 Å². The Morgan fingerprint density at radius 3 is 2.92 bits per heavy atom. The Bertz CT molecular complexity index is 561. The summed E-state index contributed by atoms with van der Waals surface area (Å²) in [5, 5.41) is 10.7. The molecule has 7 nitrogen and oxygen atoms in total. The van der Waals surface area contributed by atoms with Crippen LogP contribution in [0.2, 0.25) is 0 Å². The Kier molecular flexibility index (Phi) is 10.6. The van der Waals surface area contributed by atoms with Gasteiger partial charge in [-0.15, -0.1) is 24.0 Å². The molecule has 2 aromatic heterocycles. The summed E-state index contributed by atoms with van der Waals surface area (Å²) in [6, 6.07) is 5.67. The molecule has 0 saturated heterocycles. The summed E-state index contributed by atoms with van der Waals surface area (Å²) < 4.78 is 7.50. The summed E-state index contributed by atoms with van der Waals surface area (Å²) in [6.45, 7) is 5.74. The van der Waals surface area contributed by atoms with Gasteiger partial charge in [-0.3, -0.25) is 14.7 Å². The minimum atomic E-state index is 0. The molecule has 24 heavy (non-hydrogen) atoms. The average Bonchev–Trinajstić information content (AvgIpc) is 3.10. The molecule has 0 fully saturated rings. The van der Waals surface area contributed by atoms with Gasteiger partial charge >= 0.3 is 0 Å². The van der Waals surface area contributed by atoms with Crippen LogP contribution in [0.5, 0.6) is 5.75 Å². The number of hydrogen-bond acceptors (Lipinski definition) is 4. The van der Waals surface area contributed by atoms with E-state index in [-0.39, 0.29) is 24.0 Å². The van der Waals surface area contributed by atoms with E-state index in [1.807, 2.05) is 36.0 Å². The van der Waals surface area contributed by atoms with Crippen LogP contribution in [-0.2, 0) is 6.54 Å². The van der Waals surface area contributed by atoms with Gasteiger partial charge in [-0.25, -0.2) is 0 Å². The van der Waals surface area contributed by atoms with Crippen LogP contribution in [0.3, 0.4) is 0 Å². The Labute approximate surface area is 159 Å². The number of ether oxygens (including phenoxy) is 1. The zero-order valence-electron chi connectivity index (χ0n) is 13.9. The molecule has 0 aliphatic carbocycles. The van der Waals surface area contributed by atoms with Crippen LogP contribution in [0.15, 0.2) is 48.0 Å². The van der Waals surface area contributed by atoms with Crippen molar-refractivity contribution in [3.8, 4) is 5.75 Å². The Balaban J connectivity index is 0.00000288. The molecular formula is C16H25IN6O. The third-order valence-corrected chi connectivity index (χ3v) is 3.02. The molecule has 0 bridgehead atoms. The second-order valence-corrected chi connectivity index (χ2v) is 4.85. The Hall–Kier alpha value is -1.84. The molecule has 0 unspecified atom stereocenters. The van der Waals surface area contributed by atoms with Crippen molar-refractivity contribution in [2.24, 2.45) is 4.99 Å². The lowest BCUT2D eigenvalue weighted by Crippen LogP contribution is -2.39. The quantitative estimate of drug-likeness (QED) is 0.268. The lowest BCUT2D eigenvalue weighted by atomic mass is 10.4. The van der Waals surface area contributed by atoms with Crippen molar-refractivity contribution in [2.75, 3.05) is 26.2 Å². The molecular weight excluding hydrogens is 419 g/mol. The van der Waals surface area contributed by atoms with Crippen LogP contribution in [0, 0.1) is 0 Å². The van der Waals surface area contributed by atoms with Crippen LogP contribution in [-0.4, -0.2) is 47.0 Å². The Morgan fingerprint density at radius 2 is 2.21 bits per heavy atom. The van der Waals surface area contributed by atoms with Crippen molar-refractivity contribution in [1.82, 2.24) is 25.4 Å². The number of guanidine groups is 1. The summed E-state index contributed by atoms with van der Waals surface area (Å²) in [4.78, 5) is 8.55. The van der Waals surface area contributed by atoms with Crippen LogP contribution < -0.4 is 15.4 Å². The first-order chi connectivity index (χ1) is 11.4. The summed E-state index contributed by atoms with van der Waals surface area (Å²) in [5.74, 6) is 1.58. The first-order valence-corrected chi connectivity index (χ1v) is 7.91. The van der Waals surface area contributed by atoms with E-state index in [0.29, 0.717) is 13.2 Å². The van der Waals surface area contributed by atoms with Gasteiger partial charge in [-0.05, 0) is 31.5 Å². The van der Waals surface area contributed by atoms with Crippen molar-refractivity contribution in [2.45, 2.75) is 19.9 Å². The maximum atomic E-state index is 5.59. The normalized spacial score (nSPS) is 10.8. The largest absolute Gasteiger partial charge is 0.490 e. The van der Waals surface area contributed by atoms with Gasteiger partial charge in [0.2, 0.25) is 0 Å². The topological polar surface area (TPSA) is 76.4 Å². The first kappa shape index (κ1) is 20.2. The van der Waals surface area contributed by atoms with Crippen molar-refractivity contribution in [3.63, 3.8) is 0 Å². The molecule has 0 aliphatic heterocycles. The molecule has 0 atom stereocenters. The van der Waals surface area contributed by atoms with Gasteiger partial charge in [-0.2, -0.15) is 5.10 Å². The van der Waals surface area contributed by atoms with E-state index in [4.69, 9.17) is 4.74 Å². The third-order valence-electron chi connectivity index (χ3n) is 3.02. The fourth-order valence-corrected chi connectivity index (χ4v) is 1.97. The maximum absolute atomic E-state index is 5.59. The summed E-state index contributed by atoms with van der Waals surface area (Å²) in [7, 11) is 0. The number of nitrogens with one attached hydrogen (secondary N) is 2. The number of pyridine rings is 1. The summed E-state index contributed by atoms with van der Waals surface area (Å²) >= 11 is 0. The highest BCUT2D eigenvalue weighted by molar-refractivity contribution is 14.0. The first-order valence-electron chi connectivity index (χ1n) is 7.91. The van der Waals surface area contributed by atoms with Gasteiger partial charge in [0, 0.05) is 38.2 Å². The molecule has 0 spiro atoms. The summed E-state index contributed by atoms with van der Waals surface area (Å²) in [6.07, 6.45) is 8.13. The highest BCUT2D eigenvalue weighted by atomic mass is 127. The number of aromatic nitrogens is 3. The van der Waals surface area contributed by atoms with E-state index in [9.17, 15) is 0 Å². The number of nitrogens with zero attached hydrogens (tertiary/aromatic N) is 4. The molecule has 2 heterocycles. The highest BCUT2D eigenvalue weighted by Gasteiger charge is 1.98. The monoisotopic (exact) mass is 444 g/mol. The molecule has 0 radical (unpaired) electrons. The summed E-state index contributed by atoms with van der Waals surface area (Å²) in [5.41, 5.74) is 0. The lowest BCUT2D eigenvalue weighted by molar-refractivity contribution is 0.320. The van der Waals surface area contributed by atoms with E-state index >= 15 is 0 Å². The van der Waals surface area contributed by atoms with Crippen LogP contribution >= 0.6 is 24.0 Å². The van der Waals surface area contributed by atoms with Crippen LogP contribution in [0.1, 0.15) is 13.3 Å². The van der Waals surface area contributed by atoms with E-state index in [0.717, 1.165) is 37.8 Å². The average molecular weight is 444 g/mol. The molecule has 2 N–H and O–H groups in total. The fraction of sp³-hybridized carbons (Fsp3) is 0.438. The molecule has 0 aliphatic rings. The highest BCUT2D eigenvalue weighted by Crippen LogP contribution is 2.04. The smallest absolute Gasteiger partial charge is 0.191 e. The lowest BCUT2D eigenvalue weighted by Gasteiger charge is -2.12. The van der Waals surface area contributed by atoms with Gasteiger partial charge in [0.15, 0.2) is 5.96 Å². The number of aryl methyl sites for hydroxylation is 1. The molecule has 0 saturated carbocycles. The van der Waals surface area contributed by atoms with Gasteiger partial charge < -0.3 is 15.4 Å². The fourth-order valence-electron chi connectivity index (χ4n) is 1.97. The molecule has 132 valence electrons. The predicted octanol–water partition coefficient (Wildman–Crippen LogP) is 1.92. The maximum Gasteiger partial charge on any atom is 0.191 e. The standard InChI is InChI=1S/C16H24N6O.HI/c1-2-18-16(19-8-4-11-22-12-5-9-21-22)20-10-13-23-15-6-3-7-17-14-15;/h3,5-7,9,12,14H,2,4,8,10-11,13H2,1H3,(H2,18,19,20);1H. The van der Waals surface area contributed by atoms with Crippen molar-refractivity contribution >= 4 is 29.9 Å². The van der Waals surface area contributed by atoms with Crippen molar-refractivity contribution in [3.05, 3.63) is 43.0 Å². The van der Waals surface area contributed by atoms with E-state index in [1.54, 1.807) is 18.6 Å². The molecule has 0 aromatic carbocycles. The zero-order valence-corrected chi connectivity index (χ0v) is 16.2. The van der Waals surface area contributed by atoms with E-state index < -0.39 is 0 Å². The number of hydrogen-bond donors (Lipinski definition) is 2.